The zero-order chi connectivity index (χ0) is 14.7. The number of anilines is 1. The van der Waals surface area contributed by atoms with Gasteiger partial charge in [-0.3, -0.25) is 4.79 Å². The molecule has 6 nitrogen and oxygen atoms in total. The Labute approximate surface area is 115 Å². The van der Waals surface area contributed by atoms with Crippen molar-refractivity contribution in [3.05, 3.63) is 53.0 Å². The van der Waals surface area contributed by atoms with Crippen LogP contribution in [0.1, 0.15) is 27.4 Å². The quantitative estimate of drug-likeness (QED) is 0.345. The summed E-state index contributed by atoms with van der Waals surface area (Å²) in [6.07, 6.45) is 0. The fraction of sp³-hybridized carbons (Fsp3) is 0.143. The lowest BCUT2D eigenvalue weighted by atomic mass is 10.1. The molecule has 20 heavy (non-hydrogen) atoms. The minimum atomic E-state index is -0.393. The van der Waals surface area contributed by atoms with E-state index in [1.807, 2.05) is 0 Å². The average Bonchev–Trinajstić information content (AvgIpc) is 2.85. The number of carbonyl (C=O) groups is 1. The number of rotatable bonds is 3. The van der Waals surface area contributed by atoms with E-state index < -0.39 is 5.91 Å². The number of benzene rings is 1. The smallest absolute Gasteiger partial charge is 0.291 e. The molecule has 0 spiro atoms. The van der Waals surface area contributed by atoms with Gasteiger partial charge in [0.15, 0.2) is 11.6 Å². The second-order valence-corrected chi connectivity index (χ2v) is 4.35. The van der Waals surface area contributed by atoms with Crippen LogP contribution < -0.4 is 11.1 Å². The molecule has 0 bridgehead atoms. The molecule has 0 aliphatic heterocycles. The van der Waals surface area contributed by atoms with E-state index in [-0.39, 0.29) is 11.6 Å². The number of furan rings is 1. The average molecular weight is 273 g/mol. The van der Waals surface area contributed by atoms with Crippen LogP contribution in [0.5, 0.6) is 0 Å². The molecule has 0 aliphatic carbocycles. The Morgan fingerprint density at radius 3 is 2.65 bits per heavy atom. The summed E-state index contributed by atoms with van der Waals surface area (Å²) in [5, 5.41) is 14.5. The highest BCUT2D eigenvalue weighted by atomic mass is 16.4. The van der Waals surface area contributed by atoms with Crippen molar-refractivity contribution in [3.63, 3.8) is 0 Å². The maximum Gasteiger partial charge on any atom is 0.291 e. The fourth-order valence-corrected chi connectivity index (χ4v) is 1.90. The number of nitrogens with zero attached hydrogens (tertiary/aromatic N) is 1. The van der Waals surface area contributed by atoms with E-state index >= 15 is 0 Å². The Hall–Kier alpha value is -2.76. The summed E-state index contributed by atoms with van der Waals surface area (Å²) in [6.45, 7) is 3.56. The Bertz CT molecular complexity index is 674. The highest BCUT2D eigenvalue weighted by Crippen LogP contribution is 2.20. The Kier molecular flexibility index (Phi) is 3.74. The van der Waals surface area contributed by atoms with E-state index in [0.29, 0.717) is 17.0 Å². The number of nitrogens with two attached hydrogens (primary N) is 1. The van der Waals surface area contributed by atoms with Gasteiger partial charge in [-0.15, -0.1) is 0 Å². The first kappa shape index (κ1) is 13.7. The third-order valence-electron chi connectivity index (χ3n) is 2.85. The van der Waals surface area contributed by atoms with Gasteiger partial charge in [0, 0.05) is 5.56 Å². The van der Waals surface area contributed by atoms with E-state index in [0.717, 1.165) is 5.56 Å². The second-order valence-electron chi connectivity index (χ2n) is 4.35. The van der Waals surface area contributed by atoms with Crippen molar-refractivity contribution in [2.24, 2.45) is 10.9 Å². The van der Waals surface area contributed by atoms with Crippen molar-refractivity contribution in [2.45, 2.75) is 13.8 Å². The molecule has 0 aliphatic rings. The number of hydrogen-bond donors (Lipinski definition) is 3. The van der Waals surface area contributed by atoms with E-state index in [2.05, 4.69) is 10.5 Å². The number of aryl methyl sites for hydroxylation is 2. The fourth-order valence-electron chi connectivity index (χ4n) is 1.90. The first-order chi connectivity index (χ1) is 9.52. The summed E-state index contributed by atoms with van der Waals surface area (Å²) in [6, 6.07) is 8.54. The summed E-state index contributed by atoms with van der Waals surface area (Å²) in [4.78, 5) is 12.1. The zero-order valence-corrected chi connectivity index (χ0v) is 11.2. The minimum Gasteiger partial charge on any atom is -0.456 e. The number of hydrogen-bond acceptors (Lipinski definition) is 4. The normalized spacial score (nSPS) is 11.4. The molecule has 1 heterocycles. The molecular weight excluding hydrogens is 258 g/mol. The second kappa shape index (κ2) is 5.48. The van der Waals surface area contributed by atoms with Gasteiger partial charge >= 0.3 is 0 Å². The lowest BCUT2D eigenvalue weighted by Crippen LogP contribution is -2.20. The Balaban J connectivity index is 2.34. The number of nitrogens with one attached hydrogen (secondary N) is 1. The molecule has 6 heteroatoms. The van der Waals surface area contributed by atoms with Crippen molar-refractivity contribution in [1.82, 2.24) is 0 Å². The van der Waals surface area contributed by atoms with E-state index in [4.69, 9.17) is 15.4 Å². The lowest BCUT2D eigenvalue weighted by Gasteiger charge is -2.11. The van der Waals surface area contributed by atoms with Crippen LogP contribution in [-0.2, 0) is 0 Å². The van der Waals surface area contributed by atoms with E-state index in [1.165, 1.54) is 0 Å². The van der Waals surface area contributed by atoms with Crippen LogP contribution in [0.4, 0.5) is 5.69 Å². The molecular formula is C14H15N3O3. The predicted octanol–water partition coefficient (Wildman–Crippen LogP) is 2.24. The molecule has 1 aromatic heterocycles. The Morgan fingerprint density at radius 2 is 2.05 bits per heavy atom. The SMILES string of the molecule is Cc1ccc(C(=O)Nc2cccc(C)c2/C(N)=N/O)o1. The highest BCUT2D eigenvalue weighted by molar-refractivity contribution is 6.09. The van der Waals surface area contributed by atoms with Gasteiger partial charge < -0.3 is 20.7 Å². The minimum absolute atomic E-state index is 0.0611. The molecule has 0 saturated carbocycles. The van der Waals surface area contributed by atoms with Crippen molar-refractivity contribution >= 4 is 17.4 Å². The van der Waals surface area contributed by atoms with Crippen LogP contribution in [0.25, 0.3) is 0 Å². The van der Waals surface area contributed by atoms with Crippen molar-refractivity contribution in [3.8, 4) is 0 Å². The summed E-state index contributed by atoms with van der Waals surface area (Å²) in [5.41, 5.74) is 7.36. The summed E-state index contributed by atoms with van der Waals surface area (Å²) in [5.74, 6) is 0.398. The molecule has 1 amide bonds. The summed E-state index contributed by atoms with van der Waals surface area (Å²) < 4.78 is 5.25. The van der Waals surface area contributed by atoms with Crippen molar-refractivity contribution in [1.29, 1.82) is 0 Å². The molecule has 0 unspecified atom stereocenters. The van der Waals surface area contributed by atoms with Crippen LogP contribution in [0, 0.1) is 13.8 Å². The number of carbonyl (C=O) groups excluding carboxylic acids is 1. The predicted molar refractivity (Wildman–Crippen MR) is 75.1 cm³/mol. The molecule has 0 fully saturated rings. The van der Waals surface area contributed by atoms with E-state index in [9.17, 15) is 4.79 Å². The van der Waals surface area contributed by atoms with Gasteiger partial charge in [-0.05, 0) is 37.6 Å². The Morgan fingerprint density at radius 1 is 1.30 bits per heavy atom. The molecule has 1 aromatic carbocycles. The lowest BCUT2D eigenvalue weighted by molar-refractivity contribution is 0.0995. The number of amidine groups is 1. The molecule has 0 radical (unpaired) electrons. The molecule has 2 aromatic rings. The van der Waals surface area contributed by atoms with Gasteiger partial charge in [0.1, 0.15) is 5.76 Å². The van der Waals surface area contributed by atoms with Gasteiger partial charge in [-0.2, -0.15) is 0 Å². The summed E-state index contributed by atoms with van der Waals surface area (Å²) in [7, 11) is 0. The van der Waals surface area contributed by atoms with Crippen molar-refractivity contribution in [2.75, 3.05) is 5.32 Å². The third-order valence-corrected chi connectivity index (χ3v) is 2.85. The maximum atomic E-state index is 12.1. The van der Waals surface area contributed by atoms with Crippen LogP contribution >= 0.6 is 0 Å². The number of amides is 1. The molecule has 104 valence electrons. The van der Waals surface area contributed by atoms with Gasteiger partial charge in [0.05, 0.1) is 5.69 Å². The molecule has 0 saturated heterocycles. The van der Waals surface area contributed by atoms with Crippen LogP contribution in [0.3, 0.4) is 0 Å². The largest absolute Gasteiger partial charge is 0.456 e. The maximum absolute atomic E-state index is 12.1. The highest BCUT2D eigenvalue weighted by Gasteiger charge is 2.15. The topological polar surface area (TPSA) is 101 Å². The zero-order valence-electron chi connectivity index (χ0n) is 11.2. The van der Waals surface area contributed by atoms with Gasteiger partial charge in [-0.25, -0.2) is 0 Å². The molecule has 0 atom stereocenters. The van der Waals surface area contributed by atoms with Crippen molar-refractivity contribution < 1.29 is 14.4 Å². The first-order valence-electron chi connectivity index (χ1n) is 5.98. The van der Waals surface area contributed by atoms with Gasteiger partial charge in [0.25, 0.3) is 5.91 Å². The van der Waals surface area contributed by atoms with Crippen LogP contribution in [0.15, 0.2) is 39.9 Å². The standard InChI is InChI=1S/C14H15N3O3/c1-8-4-3-5-10(12(8)13(15)17-19)16-14(18)11-7-6-9(2)20-11/h3-7,19H,1-2H3,(H2,15,17)(H,16,18). The van der Waals surface area contributed by atoms with Gasteiger partial charge in [-0.1, -0.05) is 17.3 Å². The van der Waals surface area contributed by atoms with Crippen LogP contribution in [-0.4, -0.2) is 17.0 Å². The van der Waals surface area contributed by atoms with E-state index in [1.54, 1.807) is 44.2 Å². The summed E-state index contributed by atoms with van der Waals surface area (Å²) >= 11 is 0. The first-order valence-corrected chi connectivity index (χ1v) is 5.98. The third kappa shape index (κ3) is 2.64. The van der Waals surface area contributed by atoms with Gasteiger partial charge in [0.2, 0.25) is 0 Å². The number of oxime groups is 1. The monoisotopic (exact) mass is 273 g/mol. The molecule has 4 N–H and O–H groups in total. The van der Waals surface area contributed by atoms with Crippen LogP contribution in [0.2, 0.25) is 0 Å². The molecule has 2 rings (SSSR count).